The molecule has 0 aliphatic rings. The SMILES string of the molecule is C=CC[C@H](C)Oc1ccc(C)cc1Br.S. The van der Waals surface area contributed by atoms with Crippen LogP contribution in [0.1, 0.15) is 18.9 Å². The van der Waals surface area contributed by atoms with Crippen molar-refractivity contribution < 1.29 is 4.74 Å². The Hall–Kier alpha value is -0.410. The first-order valence-corrected chi connectivity index (χ1v) is 5.46. The van der Waals surface area contributed by atoms with Gasteiger partial charge in [-0.25, -0.2) is 0 Å². The van der Waals surface area contributed by atoms with Crippen LogP contribution in [0.4, 0.5) is 0 Å². The van der Waals surface area contributed by atoms with Crippen LogP contribution in [0.15, 0.2) is 35.3 Å². The molecule has 0 saturated heterocycles. The van der Waals surface area contributed by atoms with E-state index in [1.54, 1.807) is 0 Å². The Bertz CT molecular complexity index is 325. The first-order valence-electron chi connectivity index (χ1n) is 4.67. The highest BCUT2D eigenvalue weighted by Gasteiger charge is 2.05. The Labute approximate surface area is 107 Å². The number of aryl methyl sites for hydroxylation is 1. The predicted molar refractivity (Wildman–Crippen MR) is 74.2 cm³/mol. The van der Waals surface area contributed by atoms with Crippen LogP contribution in [0, 0.1) is 6.92 Å². The van der Waals surface area contributed by atoms with E-state index in [0.717, 1.165) is 16.6 Å². The van der Waals surface area contributed by atoms with Crippen molar-refractivity contribution >= 4 is 29.4 Å². The van der Waals surface area contributed by atoms with Gasteiger partial charge >= 0.3 is 0 Å². The van der Waals surface area contributed by atoms with Gasteiger partial charge < -0.3 is 4.74 Å². The Kier molecular flexibility index (Phi) is 6.77. The van der Waals surface area contributed by atoms with Crippen LogP contribution in [0.3, 0.4) is 0 Å². The molecule has 0 bridgehead atoms. The molecule has 0 aliphatic heterocycles. The van der Waals surface area contributed by atoms with E-state index in [0.29, 0.717) is 0 Å². The number of ether oxygens (including phenoxy) is 1. The topological polar surface area (TPSA) is 9.23 Å². The van der Waals surface area contributed by atoms with Crippen molar-refractivity contribution in [3.8, 4) is 5.75 Å². The van der Waals surface area contributed by atoms with Crippen molar-refractivity contribution in [1.29, 1.82) is 0 Å². The summed E-state index contributed by atoms with van der Waals surface area (Å²) < 4.78 is 6.73. The number of rotatable bonds is 4. The first kappa shape index (κ1) is 14.6. The van der Waals surface area contributed by atoms with Crippen molar-refractivity contribution in [2.45, 2.75) is 26.4 Å². The molecule has 0 fully saturated rings. The molecule has 1 rings (SSSR count). The van der Waals surface area contributed by atoms with Gasteiger partial charge in [-0.15, -0.1) is 6.58 Å². The van der Waals surface area contributed by atoms with Crippen molar-refractivity contribution in [3.63, 3.8) is 0 Å². The van der Waals surface area contributed by atoms with Gasteiger partial charge in [-0.1, -0.05) is 12.1 Å². The minimum atomic E-state index is 0. The lowest BCUT2D eigenvalue weighted by Gasteiger charge is -2.14. The molecule has 0 amide bonds. The smallest absolute Gasteiger partial charge is 0.133 e. The van der Waals surface area contributed by atoms with E-state index < -0.39 is 0 Å². The fraction of sp³-hybridized carbons (Fsp3) is 0.333. The number of hydrogen-bond acceptors (Lipinski definition) is 1. The predicted octanol–water partition coefficient (Wildman–Crippen LogP) is 4.21. The first-order chi connectivity index (χ1) is 6.63. The molecule has 0 heterocycles. The summed E-state index contributed by atoms with van der Waals surface area (Å²) >= 11 is 3.48. The standard InChI is InChI=1S/C12H15BrO.H2S/c1-4-5-10(3)14-12-7-6-9(2)8-11(12)13;/h4,6-8,10H,1,5H2,2-3H3;1H2/t10-;/m0./s1. The number of halogens is 1. The van der Waals surface area contributed by atoms with E-state index >= 15 is 0 Å². The van der Waals surface area contributed by atoms with Crippen molar-refractivity contribution in [1.82, 2.24) is 0 Å². The highest BCUT2D eigenvalue weighted by molar-refractivity contribution is 9.10. The molecule has 0 unspecified atom stereocenters. The highest BCUT2D eigenvalue weighted by atomic mass is 79.9. The van der Waals surface area contributed by atoms with Gasteiger partial charge in [-0.2, -0.15) is 13.5 Å². The van der Waals surface area contributed by atoms with E-state index in [1.165, 1.54) is 5.56 Å². The van der Waals surface area contributed by atoms with Gasteiger partial charge in [0.1, 0.15) is 5.75 Å². The quantitative estimate of drug-likeness (QED) is 0.754. The molecule has 3 heteroatoms. The maximum atomic E-state index is 5.72. The molecule has 84 valence electrons. The van der Waals surface area contributed by atoms with Crippen molar-refractivity contribution in [2.24, 2.45) is 0 Å². The Balaban J connectivity index is 0.00000196. The molecule has 1 atom stereocenters. The summed E-state index contributed by atoms with van der Waals surface area (Å²) in [5, 5.41) is 0. The summed E-state index contributed by atoms with van der Waals surface area (Å²) in [4.78, 5) is 0. The maximum Gasteiger partial charge on any atom is 0.133 e. The lowest BCUT2D eigenvalue weighted by atomic mass is 10.2. The molecule has 0 N–H and O–H groups in total. The second-order valence-electron chi connectivity index (χ2n) is 3.39. The summed E-state index contributed by atoms with van der Waals surface area (Å²) in [5.41, 5.74) is 1.22. The van der Waals surface area contributed by atoms with Crippen LogP contribution < -0.4 is 4.74 Å². The minimum Gasteiger partial charge on any atom is -0.489 e. The highest BCUT2D eigenvalue weighted by Crippen LogP contribution is 2.26. The lowest BCUT2D eigenvalue weighted by molar-refractivity contribution is 0.224. The summed E-state index contributed by atoms with van der Waals surface area (Å²) in [5.74, 6) is 0.893. The van der Waals surface area contributed by atoms with Gasteiger partial charge in [-0.3, -0.25) is 0 Å². The largest absolute Gasteiger partial charge is 0.489 e. The van der Waals surface area contributed by atoms with Gasteiger partial charge in [0.2, 0.25) is 0 Å². The minimum absolute atomic E-state index is 0. The summed E-state index contributed by atoms with van der Waals surface area (Å²) in [6.07, 6.45) is 2.90. The molecule has 15 heavy (non-hydrogen) atoms. The molecule has 0 spiro atoms. The van der Waals surface area contributed by atoms with E-state index in [-0.39, 0.29) is 19.6 Å². The van der Waals surface area contributed by atoms with Gasteiger partial charge in [0, 0.05) is 6.42 Å². The average molecular weight is 289 g/mol. The molecule has 1 aromatic carbocycles. The van der Waals surface area contributed by atoms with E-state index in [9.17, 15) is 0 Å². The third-order valence-electron chi connectivity index (χ3n) is 1.91. The molecular weight excluding hydrogens is 272 g/mol. The zero-order chi connectivity index (χ0) is 10.6. The van der Waals surface area contributed by atoms with E-state index in [1.807, 2.05) is 25.1 Å². The summed E-state index contributed by atoms with van der Waals surface area (Å²) in [6.45, 7) is 7.78. The van der Waals surface area contributed by atoms with Crippen molar-refractivity contribution in [2.75, 3.05) is 0 Å². The zero-order valence-corrected chi connectivity index (χ0v) is 11.7. The molecule has 1 aromatic rings. The number of benzene rings is 1. The second-order valence-corrected chi connectivity index (χ2v) is 4.24. The second kappa shape index (κ2) is 6.96. The van der Waals surface area contributed by atoms with Crippen LogP contribution in [-0.4, -0.2) is 6.10 Å². The van der Waals surface area contributed by atoms with E-state index in [2.05, 4.69) is 35.5 Å². The maximum absolute atomic E-state index is 5.72. The van der Waals surface area contributed by atoms with Gasteiger partial charge in [0.15, 0.2) is 0 Å². The fourth-order valence-electron chi connectivity index (χ4n) is 1.20. The summed E-state index contributed by atoms with van der Waals surface area (Å²) in [6, 6.07) is 6.08. The molecule has 0 radical (unpaired) electrons. The van der Waals surface area contributed by atoms with E-state index in [4.69, 9.17) is 4.74 Å². The van der Waals surface area contributed by atoms with Crippen LogP contribution in [0.5, 0.6) is 5.75 Å². The normalized spacial score (nSPS) is 11.4. The van der Waals surface area contributed by atoms with Crippen LogP contribution in [0.25, 0.3) is 0 Å². The fourth-order valence-corrected chi connectivity index (χ4v) is 1.79. The van der Waals surface area contributed by atoms with Crippen LogP contribution in [0.2, 0.25) is 0 Å². The lowest BCUT2D eigenvalue weighted by Crippen LogP contribution is -2.10. The average Bonchev–Trinajstić information content (AvgIpc) is 2.10. The molecule has 0 aliphatic carbocycles. The van der Waals surface area contributed by atoms with Gasteiger partial charge in [-0.05, 0) is 47.5 Å². The van der Waals surface area contributed by atoms with Gasteiger partial charge in [0.05, 0.1) is 10.6 Å². The zero-order valence-electron chi connectivity index (χ0n) is 9.09. The third kappa shape index (κ3) is 4.76. The Morgan fingerprint density at radius 1 is 1.53 bits per heavy atom. The van der Waals surface area contributed by atoms with Crippen LogP contribution >= 0.6 is 29.4 Å². The van der Waals surface area contributed by atoms with Crippen LogP contribution in [-0.2, 0) is 0 Å². The molecule has 1 nitrogen and oxygen atoms in total. The molecular formula is C12H17BrOS. The van der Waals surface area contributed by atoms with Crippen molar-refractivity contribution in [3.05, 3.63) is 40.9 Å². The third-order valence-corrected chi connectivity index (χ3v) is 2.53. The number of hydrogen-bond donors (Lipinski definition) is 0. The Morgan fingerprint density at radius 3 is 2.73 bits per heavy atom. The Morgan fingerprint density at radius 2 is 2.20 bits per heavy atom. The monoisotopic (exact) mass is 288 g/mol. The summed E-state index contributed by atoms with van der Waals surface area (Å²) in [7, 11) is 0. The van der Waals surface area contributed by atoms with Gasteiger partial charge in [0.25, 0.3) is 0 Å². The molecule has 0 aromatic heterocycles. The molecule has 0 saturated carbocycles.